The second-order valence-corrected chi connectivity index (χ2v) is 8.57. The fourth-order valence-electron chi connectivity index (χ4n) is 4.36. The van der Waals surface area contributed by atoms with Gasteiger partial charge in [-0.25, -0.2) is 9.97 Å². The van der Waals surface area contributed by atoms with E-state index in [1.807, 2.05) is 18.3 Å². The molecule has 4 rings (SSSR count). The highest BCUT2D eigenvalue weighted by molar-refractivity contribution is 7.19. The SMILES string of the molecule is Cc1nc(N2CCCCC2CCO)c2c3c(sc2n1)CC(C)CC3. The van der Waals surface area contributed by atoms with Crippen molar-refractivity contribution in [1.29, 1.82) is 0 Å². The number of rotatable bonds is 3. The van der Waals surface area contributed by atoms with Crippen LogP contribution in [0.15, 0.2) is 0 Å². The van der Waals surface area contributed by atoms with Crippen LogP contribution in [0, 0.1) is 12.8 Å². The van der Waals surface area contributed by atoms with Crippen molar-refractivity contribution in [2.75, 3.05) is 18.1 Å². The van der Waals surface area contributed by atoms with Crippen molar-refractivity contribution >= 4 is 27.4 Å². The maximum Gasteiger partial charge on any atom is 0.141 e. The Labute approximate surface area is 147 Å². The van der Waals surface area contributed by atoms with Crippen molar-refractivity contribution in [3.8, 4) is 0 Å². The zero-order valence-corrected chi connectivity index (χ0v) is 15.5. The Morgan fingerprint density at radius 1 is 1.25 bits per heavy atom. The van der Waals surface area contributed by atoms with Gasteiger partial charge in [-0.05, 0) is 63.4 Å². The zero-order valence-electron chi connectivity index (χ0n) is 14.7. The highest BCUT2D eigenvalue weighted by Gasteiger charge is 2.29. The molecular weight excluding hydrogens is 318 g/mol. The smallest absolute Gasteiger partial charge is 0.141 e. The predicted molar refractivity (Wildman–Crippen MR) is 100 cm³/mol. The third kappa shape index (κ3) is 2.82. The number of thiophene rings is 1. The molecule has 2 aliphatic rings. The van der Waals surface area contributed by atoms with E-state index < -0.39 is 0 Å². The molecule has 1 N–H and O–H groups in total. The maximum absolute atomic E-state index is 9.47. The summed E-state index contributed by atoms with van der Waals surface area (Å²) in [7, 11) is 0. The monoisotopic (exact) mass is 345 g/mol. The summed E-state index contributed by atoms with van der Waals surface area (Å²) in [5.41, 5.74) is 1.51. The van der Waals surface area contributed by atoms with Crippen LogP contribution in [0.5, 0.6) is 0 Å². The first-order valence-electron chi connectivity index (χ1n) is 9.33. The number of aryl methyl sites for hydroxylation is 2. The largest absolute Gasteiger partial charge is 0.396 e. The molecule has 0 radical (unpaired) electrons. The summed E-state index contributed by atoms with van der Waals surface area (Å²) >= 11 is 1.88. The van der Waals surface area contributed by atoms with Crippen molar-refractivity contribution in [3.63, 3.8) is 0 Å². The van der Waals surface area contributed by atoms with Gasteiger partial charge >= 0.3 is 0 Å². The molecule has 2 aromatic rings. The Kier molecular flexibility index (Phi) is 4.48. The number of nitrogens with zero attached hydrogens (tertiary/aromatic N) is 3. The van der Waals surface area contributed by atoms with E-state index in [0.29, 0.717) is 6.04 Å². The molecule has 4 nitrogen and oxygen atoms in total. The summed E-state index contributed by atoms with van der Waals surface area (Å²) in [6, 6.07) is 0.416. The highest BCUT2D eigenvalue weighted by atomic mass is 32.1. The second kappa shape index (κ2) is 6.60. The molecule has 0 bridgehead atoms. The lowest BCUT2D eigenvalue weighted by Gasteiger charge is -2.37. The number of fused-ring (bicyclic) bond motifs is 3. The van der Waals surface area contributed by atoms with Gasteiger partial charge < -0.3 is 10.0 Å². The van der Waals surface area contributed by atoms with Crippen LogP contribution >= 0.6 is 11.3 Å². The van der Waals surface area contributed by atoms with Gasteiger partial charge in [-0.2, -0.15) is 0 Å². The summed E-state index contributed by atoms with van der Waals surface area (Å²) in [6.07, 6.45) is 8.10. The molecule has 0 amide bonds. The summed E-state index contributed by atoms with van der Waals surface area (Å²) in [4.78, 5) is 14.8. The van der Waals surface area contributed by atoms with Gasteiger partial charge in [-0.15, -0.1) is 11.3 Å². The lowest BCUT2D eigenvalue weighted by Crippen LogP contribution is -2.41. The fourth-order valence-corrected chi connectivity index (χ4v) is 5.79. The molecule has 2 atom stereocenters. The summed E-state index contributed by atoms with van der Waals surface area (Å²) < 4.78 is 0. The van der Waals surface area contributed by atoms with Crippen molar-refractivity contribution in [2.45, 2.75) is 64.8 Å². The zero-order chi connectivity index (χ0) is 16.7. The number of aliphatic hydroxyl groups is 1. The van der Waals surface area contributed by atoms with Crippen molar-refractivity contribution in [3.05, 3.63) is 16.3 Å². The van der Waals surface area contributed by atoms with Crippen LogP contribution in [0.4, 0.5) is 5.82 Å². The molecule has 2 aromatic heterocycles. The third-order valence-electron chi connectivity index (χ3n) is 5.61. The molecule has 1 aliphatic carbocycles. The van der Waals surface area contributed by atoms with Crippen LogP contribution in [0.2, 0.25) is 0 Å². The van der Waals surface area contributed by atoms with Gasteiger partial charge in [0.05, 0.1) is 5.39 Å². The van der Waals surface area contributed by atoms with E-state index in [-0.39, 0.29) is 6.61 Å². The summed E-state index contributed by atoms with van der Waals surface area (Å²) in [5.74, 6) is 2.79. The van der Waals surface area contributed by atoms with Crippen LogP contribution in [0.25, 0.3) is 10.2 Å². The number of hydrogen-bond donors (Lipinski definition) is 1. The minimum absolute atomic E-state index is 0.258. The molecule has 1 fully saturated rings. The standard InChI is InChI=1S/C19H27N3OS/c1-12-6-7-15-16(11-12)24-19-17(15)18(20-13(2)21-19)22-9-4-3-5-14(22)8-10-23/h12,14,23H,3-11H2,1-2H3. The first kappa shape index (κ1) is 16.3. The van der Waals surface area contributed by atoms with Crippen LogP contribution in [0.1, 0.15) is 55.3 Å². The minimum atomic E-state index is 0.258. The van der Waals surface area contributed by atoms with Crippen LogP contribution < -0.4 is 4.90 Å². The van der Waals surface area contributed by atoms with E-state index >= 15 is 0 Å². The third-order valence-corrected chi connectivity index (χ3v) is 6.76. The molecule has 0 spiro atoms. The topological polar surface area (TPSA) is 49.2 Å². The molecule has 2 unspecified atom stereocenters. The van der Waals surface area contributed by atoms with Crippen LogP contribution in [-0.4, -0.2) is 34.3 Å². The molecule has 0 saturated carbocycles. The van der Waals surface area contributed by atoms with Gasteiger partial charge in [0, 0.05) is 24.1 Å². The Morgan fingerprint density at radius 2 is 2.12 bits per heavy atom. The number of anilines is 1. The first-order chi connectivity index (χ1) is 11.7. The van der Waals surface area contributed by atoms with Gasteiger partial charge in [0.15, 0.2) is 0 Å². The average Bonchev–Trinajstić information content (AvgIpc) is 2.91. The molecular formula is C19H27N3OS. The molecule has 24 heavy (non-hydrogen) atoms. The van der Waals surface area contributed by atoms with E-state index in [2.05, 4.69) is 11.8 Å². The van der Waals surface area contributed by atoms with Crippen molar-refractivity contribution in [1.82, 2.24) is 9.97 Å². The average molecular weight is 346 g/mol. The summed E-state index contributed by atoms with van der Waals surface area (Å²) in [6.45, 7) is 5.67. The predicted octanol–water partition coefficient (Wildman–Crippen LogP) is 3.87. The molecule has 5 heteroatoms. The van der Waals surface area contributed by atoms with Gasteiger partial charge in [-0.3, -0.25) is 0 Å². The van der Waals surface area contributed by atoms with E-state index in [9.17, 15) is 5.11 Å². The number of aromatic nitrogens is 2. The molecule has 1 saturated heterocycles. The minimum Gasteiger partial charge on any atom is -0.396 e. The van der Waals surface area contributed by atoms with Crippen molar-refractivity contribution < 1.29 is 5.11 Å². The number of hydrogen-bond acceptors (Lipinski definition) is 5. The molecule has 1 aliphatic heterocycles. The Morgan fingerprint density at radius 3 is 2.96 bits per heavy atom. The van der Waals surface area contributed by atoms with Crippen molar-refractivity contribution in [2.24, 2.45) is 5.92 Å². The lowest BCUT2D eigenvalue weighted by molar-refractivity contribution is 0.262. The lowest BCUT2D eigenvalue weighted by atomic mass is 9.89. The normalized spacial score (nSPS) is 24.4. The Bertz CT molecular complexity index is 740. The second-order valence-electron chi connectivity index (χ2n) is 7.48. The summed E-state index contributed by atoms with van der Waals surface area (Å²) in [5, 5.41) is 10.8. The van der Waals surface area contributed by atoms with E-state index in [1.165, 1.54) is 46.3 Å². The van der Waals surface area contributed by atoms with Gasteiger partial charge in [0.2, 0.25) is 0 Å². The fraction of sp³-hybridized carbons (Fsp3) is 0.684. The van der Waals surface area contributed by atoms with Gasteiger partial charge in [0.25, 0.3) is 0 Å². The van der Waals surface area contributed by atoms with Crippen LogP contribution in [-0.2, 0) is 12.8 Å². The van der Waals surface area contributed by atoms with Crippen LogP contribution in [0.3, 0.4) is 0 Å². The number of piperidine rings is 1. The highest BCUT2D eigenvalue weighted by Crippen LogP contribution is 2.42. The van der Waals surface area contributed by atoms with E-state index in [0.717, 1.165) is 43.4 Å². The quantitative estimate of drug-likeness (QED) is 0.917. The number of aliphatic hydroxyl groups excluding tert-OH is 1. The molecule has 3 heterocycles. The molecule has 0 aromatic carbocycles. The molecule has 130 valence electrons. The first-order valence-corrected chi connectivity index (χ1v) is 10.2. The van der Waals surface area contributed by atoms with E-state index in [1.54, 1.807) is 0 Å². The maximum atomic E-state index is 9.47. The Hall–Kier alpha value is -1.20. The Balaban J connectivity index is 1.84. The van der Waals surface area contributed by atoms with E-state index in [4.69, 9.17) is 9.97 Å². The van der Waals surface area contributed by atoms with Gasteiger partial charge in [-0.1, -0.05) is 6.92 Å². The van der Waals surface area contributed by atoms with Gasteiger partial charge in [0.1, 0.15) is 16.5 Å².